The molecule has 0 amide bonds. The van der Waals surface area contributed by atoms with E-state index in [1.807, 2.05) is 12.1 Å². The van der Waals surface area contributed by atoms with Crippen LogP contribution in [0.25, 0.3) is 0 Å². The summed E-state index contributed by atoms with van der Waals surface area (Å²) in [5.74, 6) is 7.66. The monoisotopic (exact) mass is 376 g/mol. The number of rotatable bonds is 6. The molecule has 0 bridgehead atoms. The Morgan fingerprint density at radius 3 is 2.32 bits per heavy atom. The van der Waals surface area contributed by atoms with E-state index in [1.165, 1.54) is 24.0 Å². The van der Waals surface area contributed by atoms with Crippen molar-refractivity contribution in [1.29, 1.82) is 0 Å². The fourth-order valence-electron chi connectivity index (χ4n) is 4.18. The van der Waals surface area contributed by atoms with Crippen LogP contribution in [0.5, 0.6) is 0 Å². The average molecular weight is 377 g/mol. The van der Waals surface area contributed by atoms with Gasteiger partial charge in [0.1, 0.15) is 5.82 Å². The molecule has 0 aliphatic heterocycles. The van der Waals surface area contributed by atoms with Crippen LogP contribution in [0.2, 0.25) is 0 Å². The molecular weight excluding hydrogens is 343 g/mol. The molecule has 0 saturated heterocycles. The molecule has 148 valence electrons. The van der Waals surface area contributed by atoms with Crippen molar-refractivity contribution in [3.63, 3.8) is 0 Å². The van der Waals surface area contributed by atoms with E-state index in [1.54, 1.807) is 6.07 Å². The fraction of sp³-hybridized carbons (Fsp3) is 0.481. The van der Waals surface area contributed by atoms with Crippen LogP contribution in [-0.4, -0.2) is 0 Å². The van der Waals surface area contributed by atoms with Crippen molar-refractivity contribution in [2.75, 3.05) is 0 Å². The molecule has 0 spiro atoms. The normalized spacial score (nSPS) is 19.1. The molecule has 28 heavy (non-hydrogen) atoms. The van der Waals surface area contributed by atoms with E-state index in [9.17, 15) is 4.39 Å². The standard InChI is InChI=1S/C27H33F/c1-3-5-6-7-26-19-14-23(20-27(26)28)9-8-22-12-17-25(18-13-22)24-15-10-21(4-2)11-16-24/h10-11,14-16,19-20,22,25H,3-7,12-13,17-18H2,1-2H3/t22-,25-. The molecule has 0 nitrogen and oxygen atoms in total. The summed E-state index contributed by atoms with van der Waals surface area (Å²) in [7, 11) is 0. The zero-order valence-electron chi connectivity index (χ0n) is 17.4. The highest BCUT2D eigenvalue weighted by Crippen LogP contribution is 2.35. The Kier molecular flexibility index (Phi) is 7.72. The second-order valence-electron chi connectivity index (χ2n) is 8.18. The van der Waals surface area contributed by atoms with Gasteiger partial charge in [-0.3, -0.25) is 0 Å². The minimum atomic E-state index is -0.0952. The summed E-state index contributed by atoms with van der Waals surface area (Å²) < 4.78 is 14.3. The summed E-state index contributed by atoms with van der Waals surface area (Å²) in [5.41, 5.74) is 4.53. The fourth-order valence-corrected chi connectivity index (χ4v) is 4.18. The van der Waals surface area contributed by atoms with Crippen molar-refractivity contribution < 1.29 is 4.39 Å². The van der Waals surface area contributed by atoms with Gasteiger partial charge in [-0.15, -0.1) is 0 Å². The molecule has 0 unspecified atom stereocenters. The molecule has 0 N–H and O–H groups in total. The largest absolute Gasteiger partial charge is 0.207 e. The average Bonchev–Trinajstić information content (AvgIpc) is 2.74. The lowest BCUT2D eigenvalue weighted by Crippen LogP contribution is -2.12. The lowest BCUT2D eigenvalue weighted by molar-refractivity contribution is 0.384. The third kappa shape index (κ3) is 5.71. The predicted molar refractivity (Wildman–Crippen MR) is 117 cm³/mol. The molecule has 2 aromatic carbocycles. The number of unbranched alkanes of at least 4 members (excludes halogenated alkanes) is 2. The van der Waals surface area contributed by atoms with Gasteiger partial charge in [-0.2, -0.15) is 0 Å². The summed E-state index contributed by atoms with van der Waals surface area (Å²) in [4.78, 5) is 0. The van der Waals surface area contributed by atoms with Gasteiger partial charge in [0.05, 0.1) is 0 Å². The summed E-state index contributed by atoms with van der Waals surface area (Å²) in [6.07, 6.45) is 10.0. The van der Waals surface area contributed by atoms with Crippen LogP contribution in [0.4, 0.5) is 4.39 Å². The smallest absolute Gasteiger partial charge is 0.127 e. The van der Waals surface area contributed by atoms with Gasteiger partial charge >= 0.3 is 0 Å². The topological polar surface area (TPSA) is 0 Å². The lowest BCUT2D eigenvalue weighted by Gasteiger charge is -2.26. The Bertz CT molecular complexity index is 798. The van der Waals surface area contributed by atoms with Crippen LogP contribution in [0.3, 0.4) is 0 Å². The Morgan fingerprint density at radius 1 is 0.929 bits per heavy atom. The number of hydrogen-bond donors (Lipinski definition) is 0. The highest BCUT2D eigenvalue weighted by atomic mass is 19.1. The maximum absolute atomic E-state index is 14.3. The second kappa shape index (κ2) is 10.5. The van der Waals surface area contributed by atoms with E-state index in [2.05, 4.69) is 50.0 Å². The van der Waals surface area contributed by atoms with Gasteiger partial charge in [0.15, 0.2) is 0 Å². The zero-order valence-corrected chi connectivity index (χ0v) is 17.4. The highest BCUT2D eigenvalue weighted by molar-refractivity contribution is 5.37. The quantitative estimate of drug-likeness (QED) is 0.363. The van der Waals surface area contributed by atoms with Crippen LogP contribution in [0.15, 0.2) is 42.5 Å². The molecule has 1 fully saturated rings. The van der Waals surface area contributed by atoms with Gasteiger partial charge in [0.2, 0.25) is 0 Å². The number of halogens is 1. The van der Waals surface area contributed by atoms with Crippen LogP contribution in [0.1, 0.15) is 87.0 Å². The van der Waals surface area contributed by atoms with Crippen molar-refractivity contribution >= 4 is 0 Å². The molecular formula is C27H33F. The Morgan fingerprint density at radius 2 is 1.68 bits per heavy atom. The first kappa shape index (κ1) is 20.7. The van der Waals surface area contributed by atoms with Crippen LogP contribution >= 0.6 is 0 Å². The van der Waals surface area contributed by atoms with E-state index < -0.39 is 0 Å². The van der Waals surface area contributed by atoms with E-state index in [0.717, 1.165) is 56.1 Å². The maximum Gasteiger partial charge on any atom is 0.127 e. The van der Waals surface area contributed by atoms with Gasteiger partial charge in [-0.05, 0) is 79.7 Å². The van der Waals surface area contributed by atoms with Gasteiger partial charge in [0, 0.05) is 11.5 Å². The first-order chi connectivity index (χ1) is 13.7. The molecule has 1 aliphatic carbocycles. The molecule has 1 saturated carbocycles. The third-order valence-electron chi connectivity index (χ3n) is 6.11. The lowest BCUT2D eigenvalue weighted by atomic mass is 9.79. The Labute approximate surface area is 170 Å². The number of benzene rings is 2. The summed E-state index contributed by atoms with van der Waals surface area (Å²) in [6.45, 7) is 4.37. The summed E-state index contributed by atoms with van der Waals surface area (Å²) in [5, 5.41) is 0. The molecule has 3 rings (SSSR count). The van der Waals surface area contributed by atoms with Crippen LogP contribution in [0, 0.1) is 23.6 Å². The maximum atomic E-state index is 14.3. The summed E-state index contributed by atoms with van der Waals surface area (Å²) >= 11 is 0. The van der Waals surface area contributed by atoms with E-state index in [0.29, 0.717) is 11.8 Å². The van der Waals surface area contributed by atoms with Crippen LogP contribution < -0.4 is 0 Å². The van der Waals surface area contributed by atoms with E-state index in [4.69, 9.17) is 0 Å². The van der Waals surface area contributed by atoms with Crippen molar-refractivity contribution in [3.8, 4) is 11.8 Å². The molecule has 0 aromatic heterocycles. The Balaban J connectivity index is 1.53. The zero-order chi connectivity index (χ0) is 19.8. The van der Waals surface area contributed by atoms with Gasteiger partial charge in [-0.1, -0.05) is 68.9 Å². The minimum absolute atomic E-state index is 0.0952. The molecule has 0 heterocycles. The van der Waals surface area contributed by atoms with Crippen molar-refractivity contribution in [2.45, 2.75) is 77.6 Å². The minimum Gasteiger partial charge on any atom is -0.207 e. The molecule has 1 heteroatoms. The molecule has 2 aromatic rings. The third-order valence-corrected chi connectivity index (χ3v) is 6.11. The predicted octanol–water partition coefficient (Wildman–Crippen LogP) is 7.45. The number of aryl methyl sites for hydroxylation is 2. The molecule has 0 radical (unpaired) electrons. The molecule has 1 aliphatic rings. The van der Waals surface area contributed by atoms with Crippen molar-refractivity contribution in [1.82, 2.24) is 0 Å². The number of hydrogen-bond acceptors (Lipinski definition) is 0. The van der Waals surface area contributed by atoms with Gasteiger partial charge in [-0.25, -0.2) is 4.39 Å². The first-order valence-electron chi connectivity index (χ1n) is 11.1. The van der Waals surface area contributed by atoms with Crippen molar-refractivity contribution in [3.05, 3.63) is 70.5 Å². The van der Waals surface area contributed by atoms with Crippen molar-refractivity contribution in [2.24, 2.45) is 5.92 Å². The highest BCUT2D eigenvalue weighted by Gasteiger charge is 2.21. The van der Waals surface area contributed by atoms with E-state index >= 15 is 0 Å². The van der Waals surface area contributed by atoms with Gasteiger partial charge in [0.25, 0.3) is 0 Å². The van der Waals surface area contributed by atoms with E-state index in [-0.39, 0.29) is 5.82 Å². The van der Waals surface area contributed by atoms with Gasteiger partial charge < -0.3 is 0 Å². The second-order valence-corrected chi connectivity index (χ2v) is 8.18. The molecule has 0 atom stereocenters. The Hall–Kier alpha value is -2.07. The van der Waals surface area contributed by atoms with Crippen LogP contribution in [-0.2, 0) is 12.8 Å². The first-order valence-corrected chi connectivity index (χ1v) is 11.1. The SMILES string of the molecule is CCCCCc1ccc(C#C[C@H]2CC[C@H](c3ccc(CC)cc3)CC2)cc1F. The summed E-state index contributed by atoms with van der Waals surface area (Å²) in [6, 6.07) is 14.7.